The second-order valence-corrected chi connectivity index (χ2v) is 8.01. The minimum Gasteiger partial charge on any atom is -0.493 e. The second kappa shape index (κ2) is 7.16. The van der Waals surface area contributed by atoms with Gasteiger partial charge in [-0.05, 0) is 42.5 Å². The molecule has 1 aromatic heterocycles. The van der Waals surface area contributed by atoms with Gasteiger partial charge in [-0.25, -0.2) is 9.56 Å². The second-order valence-electron chi connectivity index (χ2n) is 6.58. The van der Waals surface area contributed by atoms with Crippen LogP contribution in [0.25, 0.3) is 17.8 Å². The predicted octanol–water partition coefficient (Wildman–Crippen LogP) is 2.05. The lowest BCUT2D eigenvalue weighted by atomic mass is 10.1. The van der Waals surface area contributed by atoms with Gasteiger partial charge < -0.3 is 14.6 Å². The van der Waals surface area contributed by atoms with E-state index in [4.69, 9.17) is 21.1 Å². The van der Waals surface area contributed by atoms with Gasteiger partial charge in [-0.15, -0.1) is 0 Å². The lowest BCUT2D eigenvalue weighted by Crippen LogP contribution is -2.32. The van der Waals surface area contributed by atoms with Crippen molar-refractivity contribution in [3.63, 3.8) is 0 Å². The van der Waals surface area contributed by atoms with Crippen LogP contribution in [0.4, 0.5) is 0 Å². The summed E-state index contributed by atoms with van der Waals surface area (Å²) in [5.41, 5.74) is 0.722. The number of rotatable bonds is 2. The number of hydrogen-bond acceptors (Lipinski definition) is 6. The first-order valence-electron chi connectivity index (χ1n) is 8.96. The van der Waals surface area contributed by atoms with Crippen molar-refractivity contribution in [2.75, 3.05) is 13.2 Å². The van der Waals surface area contributed by atoms with Gasteiger partial charge >= 0.3 is 4.87 Å². The molecule has 0 aliphatic carbocycles. The highest BCUT2D eigenvalue weighted by molar-refractivity contribution is 7.10. The molecule has 0 saturated heterocycles. The van der Waals surface area contributed by atoms with E-state index in [1.807, 2.05) is 0 Å². The number of fused-ring (bicyclic) bond motifs is 2. The van der Waals surface area contributed by atoms with E-state index in [-0.39, 0.29) is 21.2 Å². The van der Waals surface area contributed by atoms with Crippen LogP contribution in [0.2, 0.25) is 5.02 Å². The van der Waals surface area contributed by atoms with Crippen molar-refractivity contribution in [3.8, 4) is 23.1 Å². The number of thiazole rings is 1. The van der Waals surface area contributed by atoms with Crippen molar-refractivity contribution in [3.05, 3.63) is 72.1 Å². The van der Waals surface area contributed by atoms with Crippen molar-refractivity contribution >= 4 is 41.0 Å². The van der Waals surface area contributed by atoms with Gasteiger partial charge in [0.15, 0.2) is 11.5 Å². The molecule has 3 heterocycles. The molecule has 9 heteroatoms. The van der Waals surface area contributed by atoms with E-state index in [9.17, 15) is 14.7 Å². The summed E-state index contributed by atoms with van der Waals surface area (Å²) < 4.78 is 12.3. The zero-order chi connectivity index (χ0) is 20.8. The zero-order valence-electron chi connectivity index (χ0n) is 15.3. The first-order chi connectivity index (χ1) is 14.5. The Balaban J connectivity index is 1.60. The van der Waals surface area contributed by atoms with E-state index in [1.54, 1.807) is 42.5 Å². The highest BCUT2D eigenvalue weighted by atomic mass is 35.5. The average Bonchev–Trinajstić information content (AvgIpc) is 3.01. The smallest absolute Gasteiger partial charge is 0.315 e. The van der Waals surface area contributed by atoms with E-state index >= 15 is 0 Å². The molecule has 0 unspecified atom stereocenters. The molecule has 0 saturated carbocycles. The van der Waals surface area contributed by atoms with Crippen molar-refractivity contribution < 1.29 is 19.4 Å². The molecule has 0 fully saturated rings. The van der Waals surface area contributed by atoms with Gasteiger partial charge in [0.1, 0.15) is 13.2 Å². The number of benzene rings is 2. The quantitative estimate of drug-likeness (QED) is 0.616. The molecule has 3 aromatic rings. The first-order valence-corrected chi connectivity index (χ1v) is 10.2. The van der Waals surface area contributed by atoms with Crippen molar-refractivity contribution in [2.24, 2.45) is 4.99 Å². The molecule has 0 radical (unpaired) electrons. The number of aromatic hydroxyl groups is 1. The van der Waals surface area contributed by atoms with Crippen LogP contribution < -0.4 is 24.9 Å². The molecule has 30 heavy (non-hydrogen) atoms. The third-order valence-corrected chi connectivity index (χ3v) is 5.78. The van der Waals surface area contributed by atoms with Gasteiger partial charge in [-0.2, -0.15) is 0 Å². The molecule has 1 N–H and O–H groups in total. The molecule has 0 spiro atoms. The molecular formula is C21H13ClN2O5S. The number of ether oxygens (including phenoxy) is 2. The summed E-state index contributed by atoms with van der Waals surface area (Å²) in [5.74, 6) is 0.404. The van der Waals surface area contributed by atoms with Crippen LogP contribution in [-0.4, -0.2) is 28.8 Å². The maximum atomic E-state index is 12.5. The Labute approximate surface area is 178 Å². The highest BCUT2D eigenvalue weighted by Crippen LogP contribution is 2.29. The van der Waals surface area contributed by atoms with Gasteiger partial charge in [-0.1, -0.05) is 22.9 Å². The standard InChI is InChI=1S/C21H13ClN2O5S/c22-13-1-3-14(4-2-13)24-20(26)18(30-21(24)27)9-12-7-11-8-16-17(29-6-5-28-16)10-15(11)23-19(12)25/h1-4,7-10,26H,5-6H2/b12-9-. The van der Waals surface area contributed by atoms with Gasteiger partial charge in [0.25, 0.3) is 5.91 Å². The van der Waals surface area contributed by atoms with Crippen LogP contribution in [0.5, 0.6) is 17.4 Å². The summed E-state index contributed by atoms with van der Waals surface area (Å²) in [6, 6.07) is 9.93. The molecule has 0 bridgehead atoms. The van der Waals surface area contributed by atoms with Crippen LogP contribution in [0.1, 0.15) is 4.88 Å². The third kappa shape index (κ3) is 3.20. The fourth-order valence-electron chi connectivity index (χ4n) is 3.25. The summed E-state index contributed by atoms with van der Waals surface area (Å²) in [4.78, 5) is 28.9. The van der Waals surface area contributed by atoms with E-state index in [0.717, 1.165) is 15.9 Å². The lowest BCUT2D eigenvalue weighted by Gasteiger charge is -2.18. The van der Waals surface area contributed by atoms with Crippen LogP contribution >= 0.6 is 22.9 Å². The molecule has 2 aliphatic rings. The van der Waals surface area contributed by atoms with E-state index in [2.05, 4.69) is 4.99 Å². The molecule has 5 rings (SSSR count). The molecule has 2 aromatic carbocycles. The first kappa shape index (κ1) is 18.7. The summed E-state index contributed by atoms with van der Waals surface area (Å²) in [6.07, 6.45) is 3.11. The fourth-order valence-corrected chi connectivity index (χ4v) is 4.21. The van der Waals surface area contributed by atoms with Crippen molar-refractivity contribution in [2.45, 2.75) is 0 Å². The summed E-state index contributed by atoms with van der Waals surface area (Å²) in [6.45, 7) is 0.891. The van der Waals surface area contributed by atoms with Gasteiger partial charge in [0.05, 0.1) is 15.9 Å². The van der Waals surface area contributed by atoms with E-state index < -0.39 is 5.91 Å². The maximum Gasteiger partial charge on any atom is 0.315 e. The molecular weight excluding hydrogens is 428 g/mol. The zero-order valence-corrected chi connectivity index (χ0v) is 16.9. The monoisotopic (exact) mass is 440 g/mol. The number of amides is 1. The lowest BCUT2D eigenvalue weighted by molar-refractivity contribution is -0.114. The Bertz CT molecular complexity index is 1400. The van der Waals surface area contributed by atoms with Crippen LogP contribution in [0.15, 0.2) is 51.8 Å². The van der Waals surface area contributed by atoms with Gasteiger partial charge in [0, 0.05) is 21.9 Å². The molecule has 0 atom stereocenters. The Morgan fingerprint density at radius 1 is 1.10 bits per heavy atom. The fraction of sp³-hybridized carbons (Fsp3) is 0.0952. The Morgan fingerprint density at radius 3 is 2.53 bits per heavy atom. The van der Waals surface area contributed by atoms with Crippen LogP contribution in [-0.2, 0) is 4.79 Å². The highest BCUT2D eigenvalue weighted by Gasteiger charge is 2.19. The number of hydrogen-bond donors (Lipinski definition) is 1. The van der Waals surface area contributed by atoms with Crippen LogP contribution in [0.3, 0.4) is 0 Å². The number of nitrogens with zero attached hydrogens (tertiary/aromatic N) is 2. The largest absolute Gasteiger partial charge is 0.493 e. The van der Waals surface area contributed by atoms with E-state index in [1.165, 1.54) is 6.08 Å². The third-order valence-electron chi connectivity index (χ3n) is 4.65. The maximum absolute atomic E-state index is 12.5. The molecule has 150 valence electrons. The Morgan fingerprint density at radius 2 is 1.80 bits per heavy atom. The van der Waals surface area contributed by atoms with Gasteiger partial charge in [-0.3, -0.25) is 9.59 Å². The predicted molar refractivity (Wildman–Crippen MR) is 112 cm³/mol. The summed E-state index contributed by atoms with van der Waals surface area (Å²) >= 11 is 6.72. The number of carbonyl (C=O) groups excluding carboxylic acids is 1. The Hall–Kier alpha value is -3.36. The number of halogens is 1. The number of carbonyl (C=O) groups is 1. The van der Waals surface area contributed by atoms with Gasteiger partial charge in [0.2, 0.25) is 5.88 Å². The molecule has 7 nitrogen and oxygen atoms in total. The number of aromatic nitrogens is 1. The van der Waals surface area contributed by atoms with Crippen molar-refractivity contribution in [1.82, 2.24) is 4.57 Å². The summed E-state index contributed by atoms with van der Waals surface area (Å²) in [5, 5.41) is 12.3. The minimum atomic E-state index is -0.475. The SMILES string of the molecule is O=C1N=c2cc3c(cc2=C/C1=C/c1sc(=O)n(-c2ccc(Cl)cc2)c1O)OCCO3. The normalized spacial score (nSPS) is 16.0. The van der Waals surface area contributed by atoms with Crippen molar-refractivity contribution in [1.29, 1.82) is 0 Å². The summed E-state index contributed by atoms with van der Waals surface area (Å²) in [7, 11) is 0. The average molecular weight is 441 g/mol. The molecule has 1 amide bonds. The van der Waals surface area contributed by atoms with E-state index in [0.29, 0.717) is 46.0 Å². The Kier molecular flexibility index (Phi) is 4.45. The van der Waals surface area contributed by atoms with Crippen LogP contribution in [0, 0.1) is 0 Å². The minimum absolute atomic E-state index is 0.249. The topological polar surface area (TPSA) is 90.1 Å². The molecule has 2 aliphatic heterocycles.